The van der Waals surface area contributed by atoms with Crippen molar-refractivity contribution in [2.24, 2.45) is 0 Å². The molecule has 3 heterocycles. The van der Waals surface area contributed by atoms with Crippen LogP contribution >= 0.6 is 0 Å². The van der Waals surface area contributed by atoms with Crippen molar-refractivity contribution in [2.45, 2.75) is 37.9 Å². The van der Waals surface area contributed by atoms with E-state index >= 15 is 0 Å². The second-order valence-corrected chi connectivity index (χ2v) is 7.10. The zero-order chi connectivity index (χ0) is 18.5. The van der Waals surface area contributed by atoms with Crippen molar-refractivity contribution in [3.05, 3.63) is 0 Å². The predicted molar refractivity (Wildman–Crippen MR) is 80.4 cm³/mol. The molecule has 13 heteroatoms. The highest BCUT2D eigenvalue weighted by molar-refractivity contribution is 7.80. The summed E-state index contributed by atoms with van der Waals surface area (Å²) in [6.07, 6.45) is 0.658. The molecule has 138 valence electrons. The fourth-order valence-electron chi connectivity index (χ4n) is 3.14. The zero-order valence-electron chi connectivity index (χ0n) is 13.2. The minimum absolute atomic E-state index is 0.111. The second-order valence-electron chi connectivity index (χ2n) is 6.10. The van der Waals surface area contributed by atoms with Gasteiger partial charge in [-0.25, -0.2) is 4.79 Å². The first-order chi connectivity index (χ1) is 11.6. The Morgan fingerprint density at radius 3 is 2.52 bits per heavy atom. The highest BCUT2D eigenvalue weighted by Gasteiger charge is 2.49. The summed E-state index contributed by atoms with van der Waals surface area (Å²) in [5.41, 5.74) is 0. The number of hydrogen-bond donors (Lipinski definition) is 3. The lowest BCUT2D eigenvalue weighted by molar-refractivity contribution is -0.127. The largest absolute Gasteiger partial charge is 0.418 e. The molecule has 25 heavy (non-hydrogen) atoms. The molecule has 3 saturated heterocycles. The SMILES string of the molecule is CC(=O)N1CC1C(=O)NC(=N)C1CCC2CN1C(=O)N2OS(=O)(=O)O. The van der Waals surface area contributed by atoms with Gasteiger partial charge in [0.25, 0.3) is 0 Å². The van der Waals surface area contributed by atoms with E-state index in [4.69, 9.17) is 9.96 Å². The van der Waals surface area contributed by atoms with Crippen molar-refractivity contribution in [2.75, 3.05) is 13.1 Å². The first kappa shape index (κ1) is 17.6. The summed E-state index contributed by atoms with van der Waals surface area (Å²) in [5.74, 6) is -0.944. The van der Waals surface area contributed by atoms with Crippen molar-refractivity contribution in [3.63, 3.8) is 0 Å². The van der Waals surface area contributed by atoms with Crippen LogP contribution in [0.3, 0.4) is 0 Å². The van der Waals surface area contributed by atoms with Gasteiger partial charge in [0.2, 0.25) is 11.8 Å². The van der Waals surface area contributed by atoms with Crippen molar-refractivity contribution in [3.8, 4) is 0 Å². The van der Waals surface area contributed by atoms with Crippen molar-refractivity contribution >= 4 is 34.1 Å². The van der Waals surface area contributed by atoms with Crippen LogP contribution in [0.15, 0.2) is 0 Å². The van der Waals surface area contributed by atoms with Crippen LogP contribution in [0.5, 0.6) is 0 Å². The molecule has 3 atom stereocenters. The molecule has 3 rings (SSSR count). The number of nitrogens with zero attached hydrogens (tertiary/aromatic N) is 3. The van der Waals surface area contributed by atoms with Crippen LogP contribution in [-0.2, 0) is 24.3 Å². The van der Waals surface area contributed by atoms with Crippen LogP contribution in [0.4, 0.5) is 4.79 Å². The van der Waals surface area contributed by atoms with Gasteiger partial charge >= 0.3 is 16.4 Å². The summed E-state index contributed by atoms with van der Waals surface area (Å²) < 4.78 is 34.7. The summed E-state index contributed by atoms with van der Waals surface area (Å²) in [6, 6.07) is -2.72. The van der Waals surface area contributed by atoms with Crippen molar-refractivity contribution in [1.82, 2.24) is 20.2 Å². The lowest BCUT2D eigenvalue weighted by atomic mass is 10.00. The third-order valence-electron chi connectivity index (χ3n) is 4.41. The number of carbonyl (C=O) groups excluding carboxylic acids is 3. The Labute approximate surface area is 143 Å². The molecule has 3 fully saturated rings. The summed E-state index contributed by atoms with van der Waals surface area (Å²) >= 11 is 0. The summed E-state index contributed by atoms with van der Waals surface area (Å²) in [4.78, 5) is 38.0. The van der Waals surface area contributed by atoms with Crippen LogP contribution < -0.4 is 5.32 Å². The van der Waals surface area contributed by atoms with Gasteiger partial charge in [0.15, 0.2) is 0 Å². The van der Waals surface area contributed by atoms with Crippen LogP contribution in [0, 0.1) is 5.41 Å². The Bertz CT molecular complexity index is 753. The maximum atomic E-state index is 12.2. The topological polar surface area (TPSA) is 160 Å². The van der Waals surface area contributed by atoms with Crippen molar-refractivity contribution < 1.29 is 31.6 Å². The predicted octanol–water partition coefficient (Wildman–Crippen LogP) is -1.69. The third-order valence-corrected chi connectivity index (χ3v) is 4.76. The standard InChI is InChI=1S/C12H17N5O7S/c1-6(18)15-5-9(15)11(19)14-10(13)8-3-2-7-4-16(8)12(20)17(7)24-25(21,22)23/h7-9H,2-5H2,1H3,(H2,13,14,19)(H,21,22,23). The molecule has 0 saturated carbocycles. The van der Waals surface area contributed by atoms with Gasteiger partial charge in [0.1, 0.15) is 11.9 Å². The average Bonchev–Trinajstić information content (AvgIpc) is 3.27. The Kier molecular flexibility index (Phi) is 4.17. The lowest BCUT2D eigenvalue weighted by Gasteiger charge is -2.30. The van der Waals surface area contributed by atoms with Gasteiger partial charge in [-0.3, -0.25) is 19.6 Å². The van der Waals surface area contributed by atoms with E-state index < -0.39 is 40.5 Å². The number of hydroxylamine groups is 2. The smallest absolute Gasteiger partial charge is 0.326 e. The van der Waals surface area contributed by atoms with E-state index in [2.05, 4.69) is 9.60 Å². The molecular formula is C12H17N5O7S. The van der Waals surface area contributed by atoms with Crippen LogP contribution in [0.2, 0.25) is 0 Å². The zero-order valence-corrected chi connectivity index (χ0v) is 14.0. The molecule has 0 radical (unpaired) electrons. The number of carbonyl (C=O) groups is 3. The van der Waals surface area contributed by atoms with E-state index in [9.17, 15) is 22.8 Å². The monoisotopic (exact) mass is 375 g/mol. The summed E-state index contributed by atoms with van der Waals surface area (Å²) in [6.45, 7) is 1.74. The quantitative estimate of drug-likeness (QED) is 0.229. The number of urea groups is 1. The lowest BCUT2D eigenvalue weighted by Crippen LogP contribution is -2.51. The normalized spacial score (nSPS) is 28.2. The maximum Gasteiger partial charge on any atom is 0.418 e. The molecule has 2 bridgehead atoms. The highest BCUT2D eigenvalue weighted by Crippen LogP contribution is 2.31. The Morgan fingerprint density at radius 1 is 1.28 bits per heavy atom. The molecule has 0 spiro atoms. The molecule has 0 aromatic carbocycles. The third kappa shape index (κ3) is 3.43. The number of nitrogens with one attached hydrogen (secondary N) is 2. The number of amides is 4. The van der Waals surface area contributed by atoms with Gasteiger partial charge in [-0.15, -0.1) is 4.28 Å². The minimum atomic E-state index is -4.84. The second kappa shape index (κ2) is 5.93. The van der Waals surface area contributed by atoms with E-state index in [1.54, 1.807) is 0 Å². The van der Waals surface area contributed by atoms with E-state index in [-0.39, 0.29) is 18.3 Å². The molecule has 4 amide bonds. The summed E-state index contributed by atoms with van der Waals surface area (Å²) in [7, 11) is -4.84. The summed E-state index contributed by atoms with van der Waals surface area (Å²) in [5, 5.41) is 11.0. The van der Waals surface area contributed by atoms with E-state index in [1.165, 1.54) is 16.7 Å². The number of amidine groups is 1. The number of piperidine rings is 1. The van der Waals surface area contributed by atoms with Gasteiger partial charge in [-0.05, 0) is 12.8 Å². The van der Waals surface area contributed by atoms with Gasteiger partial charge in [-0.2, -0.15) is 13.5 Å². The van der Waals surface area contributed by atoms with Gasteiger partial charge < -0.3 is 15.1 Å². The fraction of sp³-hybridized carbons (Fsp3) is 0.667. The maximum absolute atomic E-state index is 12.2. The number of hydrogen-bond acceptors (Lipinski definition) is 7. The molecule has 3 aliphatic rings. The van der Waals surface area contributed by atoms with Crippen LogP contribution in [0.25, 0.3) is 0 Å². The molecule has 0 aromatic rings. The molecule has 0 aliphatic carbocycles. The average molecular weight is 375 g/mol. The van der Waals surface area contributed by atoms with Crippen LogP contribution in [0.1, 0.15) is 19.8 Å². The minimum Gasteiger partial charge on any atom is -0.326 e. The van der Waals surface area contributed by atoms with E-state index in [0.717, 1.165) is 0 Å². The highest BCUT2D eigenvalue weighted by atomic mass is 32.3. The van der Waals surface area contributed by atoms with Gasteiger partial charge in [0, 0.05) is 13.5 Å². The number of rotatable bonds is 4. The van der Waals surface area contributed by atoms with E-state index in [0.29, 0.717) is 24.4 Å². The molecule has 0 aromatic heterocycles. The van der Waals surface area contributed by atoms with E-state index in [1.807, 2.05) is 0 Å². The van der Waals surface area contributed by atoms with Gasteiger partial charge in [-0.1, -0.05) is 0 Å². The van der Waals surface area contributed by atoms with Gasteiger partial charge in [0.05, 0.1) is 18.6 Å². The Morgan fingerprint density at radius 2 is 1.96 bits per heavy atom. The molecule has 12 nitrogen and oxygen atoms in total. The van der Waals surface area contributed by atoms with Crippen molar-refractivity contribution in [1.29, 1.82) is 5.41 Å². The first-order valence-electron chi connectivity index (χ1n) is 7.52. The first-order valence-corrected chi connectivity index (χ1v) is 8.88. The Hall–Kier alpha value is -2.25. The molecular weight excluding hydrogens is 358 g/mol. The molecule has 3 aliphatic heterocycles. The molecule has 3 unspecified atom stereocenters. The fourth-order valence-corrected chi connectivity index (χ4v) is 3.53. The molecule has 3 N–H and O–H groups in total. The number of fused-ring (bicyclic) bond motifs is 2. The Balaban J connectivity index is 1.63. The van der Waals surface area contributed by atoms with Crippen LogP contribution in [-0.4, -0.2) is 82.7 Å².